The van der Waals surface area contributed by atoms with Gasteiger partial charge in [-0.05, 0) is 54.8 Å². The number of rotatable bonds is 5. The zero-order chi connectivity index (χ0) is 23.4. The van der Waals surface area contributed by atoms with E-state index in [2.05, 4.69) is 30.6 Å². The maximum atomic E-state index is 14.3. The fourth-order valence-corrected chi connectivity index (χ4v) is 5.71. The zero-order valence-electron chi connectivity index (χ0n) is 18.7. The minimum absolute atomic E-state index is 0.182. The van der Waals surface area contributed by atoms with Crippen molar-refractivity contribution in [3.8, 4) is 0 Å². The van der Waals surface area contributed by atoms with Crippen LogP contribution in [-0.2, 0) is 21.3 Å². The topological polar surface area (TPSA) is 70.1 Å². The fourth-order valence-electron chi connectivity index (χ4n) is 3.06. The molecular weight excluding hydrogens is 499 g/mol. The van der Waals surface area contributed by atoms with Crippen molar-refractivity contribution in [3.63, 3.8) is 0 Å². The molecule has 0 unspecified atom stereocenters. The second-order valence-corrected chi connectivity index (χ2v) is 18.1. The van der Waals surface area contributed by atoms with Crippen LogP contribution in [0.25, 0.3) is 0 Å². The lowest BCUT2D eigenvalue weighted by Crippen LogP contribution is -2.73. The first-order valence-corrected chi connectivity index (χ1v) is 14.5. The highest BCUT2D eigenvalue weighted by atomic mass is 79.9. The summed E-state index contributed by atoms with van der Waals surface area (Å²) in [6, 6.07) is 0. The van der Waals surface area contributed by atoms with Crippen LogP contribution in [0.3, 0.4) is 0 Å². The number of hydrogen-bond donors (Lipinski definition) is 1. The van der Waals surface area contributed by atoms with Crippen molar-refractivity contribution in [2.45, 2.75) is 94.6 Å². The number of hydrogen-bond acceptors (Lipinski definition) is 5. The minimum Gasteiger partial charge on any atom is -0.598 e. The molecule has 0 aliphatic heterocycles. The number of halogens is 4. The lowest BCUT2D eigenvalue weighted by atomic mass is 9.64. The molecule has 1 N–H and O–H groups in total. The van der Waals surface area contributed by atoms with E-state index in [9.17, 15) is 17.7 Å². The second kappa shape index (κ2) is 7.98. The molecule has 2 rings (SSSR count). The van der Waals surface area contributed by atoms with E-state index in [-0.39, 0.29) is 10.9 Å². The summed E-state index contributed by atoms with van der Waals surface area (Å²) in [5.74, 6) is 0.182. The van der Waals surface area contributed by atoms with E-state index >= 15 is 0 Å². The average Bonchev–Trinajstić information content (AvgIpc) is 2.49. The lowest BCUT2D eigenvalue weighted by molar-refractivity contribution is -0.299. The van der Waals surface area contributed by atoms with E-state index in [1.807, 2.05) is 20.8 Å². The van der Waals surface area contributed by atoms with Gasteiger partial charge in [-0.3, -0.25) is 0 Å². The van der Waals surface area contributed by atoms with Crippen molar-refractivity contribution in [2.75, 3.05) is 0 Å². The van der Waals surface area contributed by atoms with Crippen LogP contribution in [0.15, 0.2) is 16.9 Å². The Morgan fingerprint density at radius 3 is 1.93 bits per heavy atom. The van der Waals surface area contributed by atoms with Crippen molar-refractivity contribution in [1.29, 1.82) is 0 Å². The van der Waals surface area contributed by atoms with Gasteiger partial charge in [0.1, 0.15) is 10.3 Å². The molecule has 11 heteroatoms. The molecule has 0 spiro atoms. The van der Waals surface area contributed by atoms with Gasteiger partial charge < -0.3 is 8.98 Å². The van der Waals surface area contributed by atoms with Crippen molar-refractivity contribution in [2.24, 2.45) is 0 Å². The van der Waals surface area contributed by atoms with Crippen LogP contribution in [0.5, 0.6) is 0 Å². The smallest absolute Gasteiger partial charge is 0.416 e. The summed E-state index contributed by atoms with van der Waals surface area (Å²) in [6.07, 6.45) is -2.48. The Hall–Kier alpha value is -0.203. The largest absolute Gasteiger partial charge is 0.598 e. The van der Waals surface area contributed by atoms with Crippen LogP contribution >= 0.6 is 15.9 Å². The third-order valence-electron chi connectivity index (χ3n) is 5.84. The number of alkyl halides is 3. The van der Waals surface area contributed by atoms with Crippen molar-refractivity contribution in [3.05, 3.63) is 22.7 Å². The van der Waals surface area contributed by atoms with Crippen LogP contribution in [-0.4, -0.2) is 39.4 Å². The number of aromatic nitrogens is 2. The Labute approximate surface area is 189 Å². The molecule has 1 aliphatic carbocycles. The quantitative estimate of drug-likeness (QED) is 0.396. The molecule has 1 heterocycles. The highest BCUT2D eigenvalue weighted by molar-refractivity contribution is 9.10. The second-order valence-electron chi connectivity index (χ2n) is 10.5. The van der Waals surface area contributed by atoms with E-state index in [0.29, 0.717) is 4.47 Å². The van der Waals surface area contributed by atoms with E-state index in [1.54, 1.807) is 33.9 Å². The van der Waals surface area contributed by atoms with Gasteiger partial charge in [0.2, 0.25) is 0 Å². The molecule has 1 saturated carbocycles. The molecule has 30 heavy (non-hydrogen) atoms. The molecule has 0 radical (unpaired) electrons. The molecule has 5 nitrogen and oxygen atoms in total. The van der Waals surface area contributed by atoms with Gasteiger partial charge in [-0.25, -0.2) is 9.97 Å². The maximum absolute atomic E-state index is 14.3. The van der Waals surface area contributed by atoms with E-state index < -0.39 is 54.6 Å². The van der Waals surface area contributed by atoms with E-state index in [0.717, 1.165) is 0 Å². The molecule has 1 aliphatic rings. The SMILES string of the molecule is CC(C)(C)[S@@+]([O-])NC1(c2ncc(Br)cn2)CC(O[Si](C)(C)C(C)(C)C)(C(F)(F)F)C1. The summed E-state index contributed by atoms with van der Waals surface area (Å²) in [6.45, 7) is 14.6. The fraction of sp³-hybridized carbons (Fsp3) is 0.789. The highest BCUT2D eigenvalue weighted by Crippen LogP contribution is 2.59. The van der Waals surface area contributed by atoms with Crippen molar-refractivity contribution in [1.82, 2.24) is 14.7 Å². The van der Waals surface area contributed by atoms with Gasteiger partial charge in [0.15, 0.2) is 19.7 Å². The summed E-state index contributed by atoms with van der Waals surface area (Å²) >= 11 is 1.63. The average molecular weight is 531 g/mol. The van der Waals surface area contributed by atoms with E-state index in [4.69, 9.17) is 4.43 Å². The lowest BCUT2D eigenvalue weighted by Gasteiger charge is -2.58. The van der Waals surface area contributed by atoms with Gasteiger partial charge in [0.05, 0.1) is 4.47 Å². The molecule has 0 amide bonds. The first-order valence-electron chi connectivity index (χ1n) is 9.69. The van der Waals surface area contributed by atoms with Gasteiger partial charge in [-0.2, -0.15) is 13.2 Å². The van der Waals surface area contributed by atoms with Gasteiger partial charge in [0.25, 0.3) is 0 Å². The Kier molecular flexibility index (Phi) is 6.93. The summed E-state index contributed by atoms with van der Waals surface area (Å²) in [5, 5.41) is -0.390. The Bertz CT molecular complexity index is 758. The van der Waals surface area contributed by atoms with Crippen LogP contribution in [0, 0.1) is 0 Å². The Morgan fingerprint density at radius 1 is 1.10 bits per heavy atom. The summed E-state index contributed by atoms with van der Waals surface area (Å²) in [5.41, 5.74) is -3.63. The summed E-state index contributed by atoms with van der Waals surface area (Å²) < 4.78 is 64.6. The first-order chi connectivity index (χ1) is 13.2. The predicted molar refractivity (Wildman–Crippen MR) is 119 cm³/mol. The van der Waals surface area contributed by atoms with E-state index in [1.165, 1.54) is 12.4 Å². The molecule has 0 aromatic carbocycles. The standard InChI is InChI=1S/C19H31BrF3N3O2SSi/c1-15(2,3)29(27)26-17(14-24-9-13(20)10-25-14)11-18(12-17,19(21,22)23)28-30(7,8)16(4,5)6/h9-10,26H,11-12H2,1-8H3/t17?,18?,29-/m1/s1. The van der Waals surface area contributed by atoms with Crippen LogP contribution in [0.1, 0.15) is 60.2 Å². The zero-order valence-corrected chi connectivity index (χ0v) is 22.1. The van der Waals surface area contributed by atoms with Crippen molar-refractivity contribution >= 4 is 35.6 Å². The molecule has 0 bridgehead atoms. The van der Waals surface area contributed by atoms with Crippen LogP contribution in [0.4, 0.5) is 13.2 Å². The molecule has 1 aromatic rings. The molecule has 1 aromatic heterocycles. The van der Waals surface area contributed by atoms with Crippen LogP contribution < -0.4 is 4.72 Å². The van der Waals surface area contributed by atoms with Gasteiger partial charge in [-0.15, -0.1) is 4.72 Å². The molecule has 0 saturated heterocycles. The normalized spacial score (nSPS) is 27.0. The van der Waals surface area contributed by atoms with Gasteiger partial charge in [0, 0.05) is 36.6 Å². The monoisotopic (exact) mass is 529 g/mol. The number of nitrogens with one attached hydrogen (secondary N) is 1. The molecule has 1 fully saturated rings. The Balaban J connectivity index is 2.48. The third-order valence-corrected chi connectivity index (χ3v) is 12.5. The Morgan fingerprint density at radius 2 is 1.57 bits per heavy atom. The predicted octanol–water partition coefficient (Wildman–Crippen LogP) is 5.60. The first kappa shape index (κ1) is 26.1. The molecule has 1 atom stereocenters. The minimum atomic E-state index is -4.58. The molecule has 172 valence electrons. The van der Waals surface area contributed by atoms with Gasteiger partial charge >= 0.3 is 6.18 Å². The van der Waals surface area contributed by atoms with Crippen molar-refractivity contribution < 1.29 is 22.2 Å². The summed E-state index contributed by atoms with van der Waals surface area (Å²) in [7, 11) is -2.74. The summed E-state index contributed by atoms with van der Waals surface area (Å²) in [4.78, 5) is 8.47. The van der Waals surface area contributed by atoms with Crippen LogP contribution in [0.2, 0.25) is 18.1 Å². The maximum Gasteiger partial charge on any atom is 0.416 e. The number of nitrogens with zero attached hydrogens (tertiary/aromatic N) is 2. The molecular formula is C19H31BrF3N3O2SSi. The highest BCUT2D eigenvalue weighted by Gasteiger charge is 2.73. The third kappa shape index (κ3) is 5.06. The van der Waals surface area contributed by atoms with Gasteiger partial charge in [-0.1, -0.05) is 20.8 Å².